The molecule has 1 aromatic heterocycles. The molecule has 0 aliphatic rings. The molecule has 92 valence electrons. The van der Waals surface area contributed by atoms with E-state index in [1.54, 1.807) is 12.3 Å². The molecular formula is C11H13FN2O2S. The maximum absolute atomic E-state index is 12.9. The quantitative estimate of drug-likeness (QED) is 0.868. The summed E-state index contributed by atoms with van der Waals surface area (Å²) in [5.74, 6) is -0.292. The molecular weight excluding hydrogens is 243 g/mol. The number of H-pyrrole nitrogens is 1. The molecule has 0 spiro atoms. The van der Waals surface area contributed by atoms with Gasteiger partial charge in [0.25, 0.3) is 0 Å². The molecule has 0 saturated heterocycles. The van der Waals surface area contributed by atoms with Gasteiger partial charge in [-0.05, 0) is 30.2 Å². The van der Waals surface area contributed by atoms with Crippen LogP contribution in [0, 0.1) is 5.82 Å². The normalized spacial score (nSPS) is 12.1. The molecule has 0 saturated carbocycles. The molecule has 2 aromatic rings. The van der Waals surface area contributed by atoms with Crippen LogP contribution in [0.15, 0.2) is 24.4 Å². The van der Waals surface area contributed by atoms with Crippen LogP contribution in [-0.2, 0) is 16.4 Å². The molecule has 4 nitrogen and oxygen atoms in total. The fraction of sp³-hybridized carbons (Fsp3) is 0.273. The number of benzene rings is 1. The highest BCUT2D eigenvalue weighted by Crippen LogP contribution is 2.19. The second-order valence-electron chi connectivity index (χ2n) is 3.92. The molecule has 1 aromatic carbocycles. The monoisotopic (exact) mass is 256 g/mol. The van der Waals surface area contributed by atoms with Gasteiger partial charge in [0.1, 0.15) is 5.82 Å². The standard InChI is InChI=1S/C11H13FN2O2S/c1-17(15,16)14-5-4-8-7-13-11-6-9(12)2-3-10(8)11/h2-3,6-7,13-14H,4-5H2,1H3. The van der Waals surface area contributed by atoms with Gasteiger partial charge >= 0.3 is 0 Å². The summed E-state index contributed by atoms with van der Waals surface area (Å²) in [5, 5.41) is 0.918. The van der Waals surface area contributed by atoms with E-state index in [1.165, 1.54) is 12.1 Å². The molecule has 2 rings (SSSR count). The average Bonchev–Trinajstić information content (AvgIpc) is 2.59. The smallest absolute Gasteiger partial charge is 0.208 e. The Morgan fingerprint density at radius 2 is 2.18 bits per heavy atom. The average molecular weight is 256 g/mol. The van der Waals surface area contributed by atoms with E-state index < -0.39 is 10.0 Å². The van der Waals surface area contributed by atoms with Gasteiger partial charge < -0.3 is 4.98 Å². The van der Waals surface area contributed by atoms with E-state index in [-0.39, 0.29) is 5.82 Å². The fourth-order valence-corrected chi connectivity index (χ4v) is 2.21. The molecule has 0 aliphatic carbocycles. The van der Waals surface area contributed by atoms with Crippen molar-refractivity contribution in [3.05, 3.63) is 35.8 Å². The lowest BCUT2D eigenvalue weighted by Gasteiger charge is -2.01. The minimum Gasteiger partial charge on any atom is -0.361 e. The molecule has 0 amide bonds. The van der Waals surface area contributed by atoms with E-state index >= 15 is 0 Å². The third-order valence-corrected chi connectivity index (χ3v) is 3.22. The largest absolute Gasteiger partial charge is 0.361 e. The summed E-state index contributed by atoms with van der Waals surface area (Å²) in [5.41, 5.74) is 1.69. The number of hydrogen-bond donors (Lipinski definition) is 2. The van der Waals surface area contributed by atoms with Crippen LogP contribution in [0.5, 0.6) is 0 Å². The van der Waals surface area contributed by atoms with E-state index in [9.17, 15) is 12.8 Å². The Morgan fingerprint density at radius 3 is 2.88 bits per heavy atom. The van der Waals surface area contributed by atoms with Crippen LogP contribution in [-0.4, -0.2) is 26.2 Å². The van der Waals surface area contributed by atoms with Gasteiger partial charge in [0, 0.05) is 23.6 Å². The molecule has 0 bridgehead atoms. The van der Waals surface area contributed by atoms with Crippen molar-refractivity contribution in [2.24, 2.45) is 0 Å². The SMILES string of the molecule is CS(=O)(=O)NCCc1c[nH]c2cc(F)ccc12. The number of hydrogen-bond acceptors (Lipinski definition) is 2. The van der Waals surface area contributed by atoms with E-state index in [0.717, 1.165) is 22.7 Å². The number of rotatable bonds is 4. The highest BCUT2D eigenvalue weighted by Gasteiger charge is 2.06. The number of aromatic amines is 1. The van der Waals surface area contributed by atoms with Gasteiger partial charge in [0.05, 0.1) is 6.26 Å². The second-order valence-corrected chi connectivity index (χ2v) is 5.75. The van der Waals surface area contributed by atoms with Gasteiger partial charge in [0.15, 0.2) is 0 Å². The number of halogens is 1. The van der Waals surface area contributed by atoms with Gasteiger partial charge in [-0.25, -0.2) is 17.5 Å². The molecule has 0 aliphatic heterocycles. The van der Waals surface area contributed by atoms with Crippen molar-refractivity contribution in [3.8, 4) is 0 Å². The molecule has 0 radical (unpaired) electrons. The Labute approximate surface area is 98.9 Å². The molecule has 0 unspecified atom stereocenters. The molecule has 17 heavy (non-hydrogen) atoms. The van der Waals surface area contributed by atoms with Crippen LogP contribution in [0.25, 0.3) is 10.9 Å². The summed E-state index contributed by atoms with van der Waals surface area (Å²) in [4.78, 5) is 2.96. The Kier molecular flexibility index (Phi) is 3.17. The fourth-order valence-electron chi connectivity index (χ4n) is 1.74. The molecule has 2 N–H and O–H groups in total. The van der Waals surface area contributed by atoms with Crippen molar-refractivity contribution in [1.82, 2.24) is 9.71 Å². The number of fused-ring (bicyclic) bond motifs is 1. The summed E-state index contributed by atoms with van der Waals surface area (Å²) in [6.45, 7) is 0.336. The first-order valence-electron chi connectivity index (χ1n) is 5.16. The zero-order valence-corrected chi connectivity index (χ0v) is 10.1. The molecule has 0 atom stereocenters. The molecule has 1 heterocycles. The number of sulfonamides is 1. The van der Waals surface area contributed by atoms with Crippen LogP contribution >= 0.6 is 0 Å². The maximum atomic E-state index is 12.9. The predicted octanol–water partition coefficient (Wildman–Crippen LogP) is 1.40. The first-order chi connectivity index (χ1) is 7.96. The zero-order valence-electron chi connectivity index (χ0n) is 9.33. The van der Waals surface area contributed by atoms with Gasteiger partial charge in [-0.3, -0.25) is 0 Å². The summed E-state index contributed by atoms with van der Waals surface area (Å²) in [6.07, 6.45) is 3.46. The summed E-state index contributed by atoms with van der Waals surface area (Å²) in [7, 11) is -3.16. The van der Waals surface area contributed by atoms with Crippen molar-refractivity contribution in [2.75, 3.05) is 12.8 Å². The highest BCUT2D eigenvalue weighted by atomic mass is 32.2. The van der Waals surface area contributed by atoms with Gasteiger partial charge in [-0.1, -0.05) is 0 Å². The Bertz CT molecular complexity index is 634. The van der Waals surface area contributed by atoms with E-state index in [1.807, 2.05) is 0 Å². The van der Waals surface area contributed by atoms with Crippen molar-refractivity contribution >= 4 is 20.9 Å². The Hall–Kier alpha value is -1.40. The van der Waals surface area contributed by atoms with Gasteiger partial charge in [0.2, 0.25) is 10.0 Å². The first-order valence-corrected chi connectivity index (χ1v) is 7.05. The number of nitrogens with one attached hydrogen (secondary N) is 2. The highest BCUT2D eigenvalue weighted by molar-refractivity contribution is 7.88. The Balaban J connectivity index is 2.14. The van der Waals surface area contributed by atoms with Crippen LogP contribution < -0.4 is 4.72 Å². The third kappa shape index (κ3) is 3.04. The van der Waals surface area contributed by atoms with Crippen LogP contribution in [0.4, 0.5) is 4.39 Å². The van der Waals surface area contributed by atoms with Crippen LogP contribution in [0.1, 0.15) is 5.56 Å². The minimum absolute atomic E-state index is 0.292. The Morgan fingerprint density at radius 1 is 1.41 bits per heavy atom. The first kappa shape index (κ1) is 12.1. The minimum atomic E-state index is -3.16. The topological polar surface area (TPSA) is 62.0 Å². The van der Waals surface area contributed by atoms with Crippen LogP contribution in [0.3, 0.4) is 0 Å². The summed E-state index contributed by atoms with van der Waals surface area (Å²) < 4.78 is 37.2. The van der Waals surface area contributed by atoms with Crippen LogP contribution in [0.2, 0.25) is 0 Å². The van der Waals surface area contributed by atoms with Crippen molar-refractivity contribution in [1.29, 1.82) is 0 Å². The summed E-state index contributed by atoms with van der Waals surface area (Å²) in [6, 6.07) is 4.50. The van der Waals surface area contributed by atoms with Gasteiger partial charge in [-0.2, -0.15) is 0 Å². The van der Waals surface area contributed by atoms with Crippen molar-refractivity contribution < 1.29 is 12.8 Å². The third-order valence-electron chi connectivity index (χ3n) is 2.49. The van der Waals surface area contributed by atoms with E-state index in [4.69, 9.17) is 0 Å². The number of aromatic nitrogens is 1. The lowest BCUT2D eigenvalue weighted by atomic mass is 10.1. The van der Waals surface area contributed by atoms with Crippen molar-refractivity contribution in [2.45, 2.75) is 6.42 Å². The molecule has 6 heteroatoms. The predicted molar refractivity (Wildman–Crippen MR) is 64.8 cm³/mol. The van der Waals surface area contributed by atoms with Gasteiger partial charge in [-0.15, -0.1) is 0 Å². The second kappa shape index (κ2) is 4.46. The maximum Gasteiger partial charge on any atom is 0.208 e. The molecule has 0 fully saturated rings. The van der Waals surface area contributed by atoms with Crippen molar-refractivity contribution in [3.63, 3.8) is 0 Å². The zero-order chi connectivity index (χ0) is 12.5. The summed E-state index contributed by atoms with van der Waals surface area (Å²) >= 11 is 0. The lowest BCUT2D eigenvalue weighted by molar-refractivity contribution is 0.588. The van der Waals surface area contributed by atoms with E-state index in [0.29, 0.717) is 13.0 Å². The lowest BCUT2D eigenvalue weighted by Crippen LogP contribution is -2.24. The van der Waals surface area contributed by atoms with E-state index in [2.05, 4.69) is 9.71 Å².